The molecule has 0 heterocycles. The molecule has 0 aromatic heterocycles. The average Bonchev–Trinajstić information content (AvgIpc) is 2.84. The predicted octanol–water partition coefficient (Wildman–Crippen LogP) is 6.40. The quantitative estimate of drug-likeness (QED) is 0.300. The molecule has 4 rings (SSSR count). The molecular formula is C28H23F2NO4S. The van der Waals surface area contributed by atoms with Crippen LogP contribution in [0.5, 0.6) is 11.5 Å². The Kier molecular flexibility index (Phi) is 7.45. The van der Waals surface area contributed by atoms with Crippen molar-refractivity contribution in [3.8, 4) is 22.6 Å². The van der Waals surface area contributed by atoms with Crippen molar-refractivity contribution in [1.82, 2.24) is 0 Å². The van der Waals surface area contributed by atoms with E-state index >= 15 is 0 Å². The average molecular weight is 508 g/mol. The summed E-state index contributed by atoms with van der Waals surface area (Å²) in [6, 6.07) is 22.7. The van der Waals surface area contributed by atoms with Crippen LogP contribution in [0.3, 0.4) is 0 Å². The highest BCUT2D eigenvalue weighted by Crippen LogP contribution is 2.36. The molecule has 1 amide bonds. The summed E-state index contributed by atoms with van der Waals surface area (Å²) in [6.45, 7) is 1.57. The van der Waals surface area contributed by atoms with Gasteiger partial charge in [0.15, 0.2) is 9.84 Å². The third-order valence-corrected chi connectivity index (χ3v) is 7.20. The minimum atomic E-state index is -3.32. The fraction of sp³-hybridized carbons (Fsp3) is 0.107. The summed E-state index contributed by atoms with van der Waals surface area (Å²) in [5, 5.41) is 2.79. The Hall–Kier alpha value is -4.04. The van der Waals surface area contributed by atoms with Crippen LogP contribution in [0.15, 0.2) is 95.9 Å². The summed E-state index contributed by atoms with van der Waals surface area (Å²) < 4.78 is 57.4. The molecule has 0 spiro atoms. The number of hydrogen-bond donors (Lipinski definition) is 1. The number of anilines is 1. The van der Waals surface area contributed by atoms with Crippen molar-refractivity contribution >= 4 is 21.4 Å². The van der Waals surface area contributed by atoms with E-state index in [1.807, 2.05) is 0 Å². The lowest BCUT2D eigenvalue weighted by Gasteiger charge is -2.14. The number of sulfone groups is 1. The van der Waals surface area contributed by atoms with Crippen molar-refractivity contribution in [3.63, 3.8) is 0 Å². The summed E-state index contributed by atoms with van der Waals surface area (Å²) in [7, 11) is -3.32. The minimum Gasteiger partial charge on any atom is -0.457 e. The van der Waals surface area contributed by atoms with Crippen molar-refractivity contribution in [3.05, 3.63) is 108 Å². The molecule has 0 aliphatic heterocycles. The number of ether oxygens (including phenoxy) is 1. The molecular weight excluding hydrogens is 484 g/mol. The molecule has 0 aliphatic carbocycles. The van der Waals surface area contributed by atoms with E-state index in [4.69, 9.17) is 4.74 Å². The van der Waals surface area contributed by atoms with Gasteiger partial charge in [0.2, 0.25) is 5.91 Å². The highest BCUT2D eigenvalue weighted by Gasteiger charge is 2.14. The first-order chi connectivity index (χ1) is 17.2. The third-order valence-electron chi connectivity index (χ3n) is 5.45. The Morgan fingerprint density at radius 2 is 1.56 bits per heavy atom. The highest BCUT2D eigenvalue weighted by molar-refractivity contribution is 7.91. The molecule has 8 heteroatoms. The number of rotatable bonds is 8. The van der Waals surface area contributed by atoms with Gasteiger partial charge in [0.25, 0.3) is 0 Å². The van der Waals surface area contributed by atoms with E-state index in [1.54, 1.807) is 55.5 Å². The largest absolute Gasteiger partial charge is 0.457 e. The molecule has 0 fully saturated rings. The molecule has 0 saturated heterocycles. The normalized spacial score (nSPS) is 11.2. The van der Waals surface area contributed by atoms with E-state index < -0.39 is 21.5 Å². The summed E-state index contributed by atoms with van der Waals surface area (Å²) in [4.78, 5) is 12.9. The number of benzene rings is 4. The lowest BCUT2D eigenvalue weighted by molar-refractivity contribution is -0.115. The second-order valence-corrected chi connectivity index (χ2v) is 10.3. The van der Waals surface area contributed by atoms with Crippen LogP contribution in [0.25, 0.3) is 11.1 Å². The van der Waals surface area contributed by atoms with Crippen LogP contribution in [0.1, 0.15) is 12.5 Å². The molecule has 0 unspecified atom stereocenters. The second-order valence-electron chi connectivity index (χ2n) is 8.05. The maximum atomic E-state index is 13.9. The van der Waals surface area contributed by atoms with Crippen molar-refractivity contribution in [2.75, 3.05) is 11.1 Å². The fourth-order valence-electron chi connectivity index (χ4n) is 3.61. The first kappa shape index (κ1) is 25.1. The molecule has 0 atom stereocenters. The molecule has 0 radical (unpaired) electrons. The zero-order valence-corrected chi connectivity index (χ0v) is 20.2. The Morgan fingerprint density at radius 3 is 2.22 bits per heavy atom. The van der Waals surface area contributed by atoms with Crippen LogP contribution in [-0.4, -0.2) is 20.1 Å². The molecule has 4 aromatic rings. The van der Waals surface area contributed by atoms with E-state index in [0.717, 1.165) is 0 Å². The first-order valence-corrected chi connectivity index (χ1v) is 12.8. The van der Waals surface area contributed by atoms with E-state index in [1.165, 1.54) is 42.5 Å². The van der Waals surface area contributed by atoms with Gasteiger partial charge in [0.1, 0.15) is 23.1 Å². The highest BCUT2D eigenvalue weighted by atomic mass is 32.2. The topological polar surface area (TPSA) is 72.5 Å². The zero-order valence-electron chi connectivity index (χ0n) is 19.4. The fourth-order valence-corrected chi connectivity index (χ4v) is 4.49. The lowest BCUT2D eigenvalue weighted by Crippen LogP contribution is -2.14. The van der Waals surface area contributed by atoms with Gasteiger partial charge in [-0.2, -0.15) is 0 Å². The van der Waals surface area contributed by atoms with Crippen LogP contribution in [0, 0.1) is 11.6 Å². The van der Waals surface area contributed by atoms with E-state index in [-0.39, 0.29) is 28.7 Å². The molecule has 0 bridgehead atoms. The first-order valence-electron chi connectivity index (χ1n) is 11.2. The summed E-state index contributed by atoms with van der Waals surface area (Å²) >= 11 is 0. The van der Waals surface area contributed by atoms with E-state index in [2.05, 4.69) is 5.32 Å². The second kappa shape index (κ2) is 10.7. The van der Waals surface area contributed by atoms with E-state index in [0.29, 0.717) is 28.1 Å². The van der Waals surface area contributed by atoms with Crippen LogP contribution in [0.2, 0.25) is 0 Å². The third kappa shape index (κ3) is 6.14. The summed E-state index contributed by atoms with van der Waals surface area (Å²) in [5.74, 6) is -0.660. The van der Waals surface area contributed by atoms with Crippen LogP contribution in [0.4, 0.5) is 14.5 Å². The number of nitrogens with one attached hydrogen (secondary N) is 1. The molecule has 0 saturated carbocycles. The standard InChI is InChI=1S/C28H23F2NO4S/c1-2-36(33,34)25-12-9-19(10-13-25)15-28(32)31-23-11-14-26(20-5-3-6-21(29)16-20)27(18-23)35-24-8-4-7-22(30)17-24/h3-14,16-18H,2,15H2,1H3,(H,31,32). The van der Waals surface area contributed by atoms with Gasteiger partial charge in [0.05, 0.1) is 17.1 Å². The Morgan fingerprint density at radius 1 is 0.861 bits per heavy atom. The number of amides is 1. The maximum absolute atomic E-state index is 13.9. The number of carbonyl (C=O) groups is 1. The van der Waals surface area contributed by atoms with Gasteiger partial charge in [-0.15, -0.1) is 0 Å². The van der Waals surface area contributed by atoms with Gasteiger partial charge in [-0.1, -0.05) is 37.3 Å². The Labute approximate surface area is 208 Å². The van der Waals surface area contributed by atoms with Gasteiger partial charge in [-0.05, 0) is 59.7 Å². The Balaban J connectivity index is 1.57. The Bertz CT molecular complexity index is 1500. The molecule has 36 heavy (non-hydrogen) atoms. The van der Waals surface area contributed by atoms with Crippen LogP contribution < -0.4 is 10.1 Å². The van der Waals surface area contributed by atoms with Gasteiger partial charge in [0, 0.05) is 23.4 Å². The molecule has 0 aliphatic rings. The minimum absolute atomic E-state index is 0.00151. The lowest BCUT2D eigenvalue weighted by atomic mass is 10.0. The molecule has 5 nitrogen and oxygen atoms in total. The van der Waals surface area contributed by atoms with E-state index in [9.17, 15) is 22.0 Å². The SMILES string of the molecule is CCS(=O)(=O)c1ccc(CC(=O)Nc2ccc(-c3cccc(F)c3)c(Oc3cccc(F)c3)c2)cc1. The predicted molar refractivity (Wildman–Crippen MR) is 135 cm³/mol. The monoisotopic (exact) mass is 507 g/mol. The van der Waals surface area contributed by atoms with Crippen molar-refractivity contribution in [1.29, 1.82) is 0 Å². The number of halogens is 2. The van der Waals surface area contributed by atoms with Gasteiger partial charge in [-0.25, -0.2) is 17.2 Å². The van der Waals surface area contributed by atoms with Crippen LogP contribution >= 0.6 is 0 Å². The zero-order chi connectivity index (χ0) is 25.7. The van der Waals surface area contributed by atoms with Crippen LogP contribution in [-0.2, 0) is 21.1 Å². The molecule has 4 aromatic carbocycles. The van der Waals surface area contributed by atoms with Gasteiger partial charge in [-0.3, -0.25) is 4.79 Å². The summed E-state index contributed by atoms with van der Waals surface area (Å²) in [5.41, 5.74) is 2.19. The number of hydrogen-bond acceptors (Lipinski definition) is 4. The van der Waals surface area contributed by atoms with Gasteiger partial charge >= 0.3 is 0 Å². The molecule has 184 valence electrons. The number of carbonyl (C=O) groups excluding carboxylic acids is 1. The van der Waals surface area contributed by atoms with Gasteiger partial charge < -0.3 is 10.1 Å². The smallest absolute Gasteiger partial charge is 0.228 e. The molecule has 1 N–H and O–H groups in total. The van der Waals surface area contributed by atoms with Crippen molar-refractivity contribution in [2.24, 2.45) is 0 Å². The maximum Gasteiger partial charge on any atom is 0.228 e. The van der Waals surface area contributed by atoms with Crippen molar-refractivity contribution in [2.45, 2.75) is 18.2 Å². The van der Waals surface area contributed by atoms with Crippen molar-refractivity contribution < 1.29 is 26.7 Å². The summed E-state index contributed by atoms with van der Waals surface area (Å²) in [6.07, 6.45) is 0.0260.